The largest absolute Gasteiger partial charge is 0.480 e. The van der Waals surface area contributed by atoms with E-state index in [1.807, 2.05) is 19.9 Å². The normalized spacial score (nSPS) is 14.8. The van der Waals surface area contributed by atoms with Crippen LogP contribution in [0.1, 0.15) is 49.8 Å². The fourth-order valence-corrected chi connectivity index (χ4v) is 3.10. The van der Waals surface area contributed by atoms with Crippen LogP contribution in [-0.4, -0.2) is 30.2 Å². The second-order valence-corrected chi connectivity index (χ2v) is 6.66. The van der Waals surface area contributed by atoms with Crippen molar-refractivity contribution in [2.24, 2.45) is 0 Å². The fourth-order valence-electron chi connectivity index (χ4n) is 3.10. The summed E-state index contributed by atoms with van der Waals surface area (Å²) in [5, 5.41) is 14.0. The van der Waals surface area contributed by atoms with Gasteiger partial charge in [-0.05, 0) is 36.8 Å². The van der Waals surface area contributed by atoms with E-state index in [1.165, 1.54) is 4.57 Å². The zero-order valence-electron chi connectivity index (χ0n) is 13.6. The molecule has 0 unspecified atom stereocenters. The summed E-state index contributed by atoms with van der Waals surface area (Å²) in [7, 11) is 0. The number of rotatable bonds is 4. The summed E-state index contributed by atoms with van der Waals surface area (Å²) in [6, 6.07) is 3.53. The minimum Gasteiger partial charge on any atom is -0.480 e. The highest BCUT2D eigenvalue weighted by Gasteiger charge is 2.30. The molecule has 124 valence electrons. The molecule has 0 radical (unpaired) electrons. The number of nitrogens with zero attached hydrogens (tertiary/aromatic N) is 4. The molecule has 1 aliphatic carbocycles. The van der Waals surface area contributed by atoms with Gasteiger partial charge in [0.25, 0.3) is 5.56 Å². The smallest absolute Gasteiger partial charge is 0.323 e. The Morgan fingerprint density at radius 1 is 1.38 bits per heavy atom. The summed E-state index contributed by atoms with van der Waals surface area (Å²) in [5.41, 5.74) is 2.54. The van der Waals surface area contributed by atoms with Gasteiger partial charge in [0.2, 0.25) is 0 Å². The molecule has 7 nitrogen and oxygen atoms in total. The quantitative estimate of drug-likeness (QED) is 0.793. The van der Waals surface area contributed by atoms with Crippen LogP contribution in [-0.2, 0) is 11.3 Å². The van der Waals surface area contributed by atoms with Gasteiger partial charge < -0.3 is 5.11 Å². The van der Waals surface area contributed by atoms with Gasteiger partial charge in [-0.15, -0.1) is 0 Å². The van der Waals surface area contributed by atoms with Crippen molar-refractivity contribution in [2.45, 2.75) is 45.1 Å². The van der Waals surface area contributed by atoms with Crippen LogP contribution in [0.15, 0.2) is 23.1 Å². The molecule has 0 saturated heterocycles. The molecule has 0 aromatic carbocycles. The predicted octanol–water partition coefficient (Wildman–Crippen LogP) is 2.13. The first-order chi connectivity index (χ1) is 11.5. The molecule has 0 aliphatic heterocycles. The zero-order chi connectivity index (χ0) is 17.0. The van der Waals surface area contributed by atoms with Crippen molar-refractivity contribution in [1.29, 1.82) is 0 Å². The van der Waals surface area contributed by atoms with Crippen LogP contribution in [0.3, 0.4) is 0 Å². The van der Waals surface area contributed by atoms with Gasteiger partial charge in [0.1, 0.15) is 12.2 Å². The number of carboxylic acids is 1. The Morgan fingerprint density at radius 3 is 2.75 bits per heavy atom. The van der Waals surface area contributed by atoms with Crippen LogP contribution < -0.4 is 5.56 Å². The van der Waals surface area contributed by atoms with Crippen molar-refractivity contribution in [2.75, 3.05) is 0 Å². The van der Waals surface area contributed by atoms with Crippen LogP contribution in [0.25, 0.3) is 16.7 Å². The van der Waals surface area contributed by atoms with E-state index in [2.05, 4.69) is 10.1 Å². The maximum atomic E-state index is 12.9. The maximum absolute atomic E-state index is 12.9. The van der Waals surface area contributed by atoms with E-state index in [-0.39, 0.29) is 18.0 Å². The van der Waals surface area contributed by atoms with Gasteiger partial charge in [0, 0.05) is 11.3 Å². The number of hydrogen-bond donors (Lipinski definition) is 1. The van der Waals surface area contributed by atoms with Gasteiger partial charge in [-0.25, -0.2) is 4.98 Å². The molecule has 1 aliphatic rings. The molecule has 1 saturated carbocycles. The van der Waals surface area contributed by atoms with E-state index in [9.17, 15) is 14.7 Å². The van der Waals surface area contributed by atoms with Gasteiger partial charge in [-0.1, -0.05) is 13.8 Å². The van der Waals surface area contributed by atoms with E-state index in [0.29, 0.717) is 22.6 Å². The third kappa shape index (κ3) is 2.19. The summed E-state index contributed by atoms with van der Waals surface area (Å²) in [5.74, 6) is -0.468. The molecule has 4 rings (SSSR count). The number of aliphatic carboxylic acids is 1. The van der Waals surface area contributed by atoms with Crippen LogP contribution in [0.2, 0.25) is 0 Å². The maximum Gasteiger partial charge on any atom is 0.323 e. The summed E-state index contributed by atoms with van der Waals surface area (Å²) >= 11 is 0. The topological polar surface area (TPSA) is 89.5 Å². The minimum atomic E-state index is -1.05. The summed E-state index contributed by atoms with van der Waals surface area (Å²) in [6.07, 6.45) is 3.83. The number of aromatic nitrogens is 4. The Labute approximate surface area is 137 Å². The average Bonchev–Trinajstić information content (AvgIpc) is 3.29. The molecule has 7 heteroatoms. The van der Waals surface area contributed by atoms with Gasteiger partial charge >= 0.3 is 5.97 Å². The highest BCUT2D eigenvalue weighted by atomic mass is 16.4. The summed E-state index contributed by atoms with van der Waals surface area (Å²) < 4.78 is 2.93. The third-order valence-corrected chi connectivity index (χ3v) is 4.50. The summed E-state index contributed by atoms with van der Waals surface area (Å²) in [4.78, 5) is 28.7. The monoisotopic (exact) mass is 326 g/mol. The highest BCUT2D eigenvalue weighted by molar-refractivity contribution is 5.79. The molecule has 3 aromatic heterocycles. The van der Waals surface area contributed by atoms with E-state index >= 15 is 0 Å². The molecule has 24 heavy (non-hydrogen) atoms. The molecule has 0 atom stereocenters. The number of carbonyl (C=O) groups is 1. The van der Waals surface area contributed by atoms with Crippen molar-refractivity contribution in [1.82, 2.24) is 19.2 Å². The lowest BCUT2D eigenvalue weighted by atomic mass is 10.1. The van der Waals surface area contributed by atoms with Crippen LogP contribution >= 0.6 is 0 Å². The standard InChI is InChI=1S/C17H18N4O3/c1-9(2)13-6-5-11-15(19-13)21-16(12(7-18-21)10-3-4-10)20(17(11)24)8-14(22)23/h5-7,9-10H,3-4,8H2,1-2H3,(H,22,23). The van der Waals surface area contributed by atoms with E-state index in [1.54, 1.807) is 16.8 Å². The Balaban J connectivity index is 2.13. The van der Waals surface area contributed by atoms with Gasteiger partial charge in [-0.2, -0.15) is 9.61 Å². The third-order valence-electron chi connectivity index (χ3n) is 4.50. The summed E-state index contributed by atoms with van der Waals surface area (Å²) in [6.45, 7) is 3.70. The molecular weight excluding hydrogens is 308 g/mol. The zero-order valence-corrected chi connectivity index (χ0v) is 13.6. The second-order valence-electron chi connectivity index (χ2n) is 6.66. The van der Waals surface area contributed by atoms with Crippen molar-refractivity contribution in [3.05, 3.63) is 39.9 Å². The van der Waals surface area contributed by atoms with Crippen molar-refractivity contribution in [3.8, 4) is 0 Å². The first-order valence-electron chi connectivity index (χ1n) is 8.10. The average molecular weight is 326 g/mol. The minimum absolute atomic E-state index is 0.226. The molecule has 0 bridgehead atoms. The molecule has 0 spiro atoms. The first kappa shape index (κ1) is 14.9. The lowest BCUT2D eigenvalue weighted by molar-refractivity contribution is -0.137. The second kappa shape index (κ2) is 5.15. The molecule has 1 fully saturated rings. The van der Waals surface area contributed by atoms with Gasteiger partial charge in [0.15, 0.2) is 5.65 Å². The molecule has 0 amide bonds. The Bertz CT molecular complexity index is 1030. The number of carboxylic acid groups (broad SMARTS) is 1. The molecule has 3 aromatic rings. The Kier molecular flexibility index (Phi) is 3.19. The molecule has 3 heterocycles. The van der Waals surface area contributed by atoms with Gasteiger partial charge in [0.05, 0.1) is 11.6 Å². The van der Waals surface area contributed by atoms with Crippen LogP contribution in [0.4, 0.5) is 0 Å². The SMILES string of the molecule is CC(C)c1ccc2c(=O)n(CC(=O)O)c3c(C4CC4)cnn3c2n1. The van der Waals surface area contributed by atoms with Crippen LogP contribution in [0, 0.1) is 0 Å². The lowest BCUT2D eigenvalue weighted by Crippen LogP contribution is -2.27. The first-order valence-corrected chi connectivity index (χ1v) is 8.10. The molecule has 1 N–H and O–H groups in total. The fraction of sp³-hybridized carbons (Fsp3) is 0.412. The van der Waals surface area contributed by atoms with E-state index < -0.39 is 5.97 Å². The van der Waals surface area contributed by atoms with Crippen molar-refractivity contribution in [3.63, 3.8) is 0 Å². The predicted molar refractivity (Wildman–Crippen MR) is 88.5 cm³/mol. The van der Waals surface area contributed by atoms with E-state index in [0.717, 1.165) is 24.1 Å². The Hall–Kier alpha value is -2.70. The number of pyridine rings is 1. The van der Waals surface area contributed by atoms with Gasteiger partial charge in [-0.3, -0.25) is 14.2 Å². The molecular formula is C17H18N4O3. The number of hydrogen-bond acceptors (Lipinski definition) is 4. The Morgan fingerprint density at radius 2 is 2.12 bits per heavy atom. The lowest BCUT2D eigenvalue weighted by Gasteiger charge is -2.12. The van der Waals surface area contributed by atoms with Crippen molar-refractivity contribution >= 4 is 22.6 Å². The number of fused-ring (bicyclic) bond motifs is 3. The van der Waals surface area contributed by atoms with E-state index in [4.69, 9.17) is 0 Å². The van der Waals surface area contributed by atoms with Crippen LogP contribution in [0.5, 0.6) is 0 Å². The highest BCUT2D eigenvalue weighted by Crippen LogP contribution is 2.42. The van der Waals surface area contributed by atoms with Crippen molar-refractivity contribution < 1.29 is 9.90 Å².